The minimum absolute atomic E-state index is 0.340. The molecule has 1 unspecified atom stereocenters. The Morgan fingerprint density at radius 3 is 1.50 bits per heavy atom. The number of thiophene rings is 1. The highest BCUT2D eigenvalue weighted by Crippen LogP contribution is 2.37. The van der Waals surface area contributed by atoms with E-state index in [2.05, 4.69) is 122 Å². The van der Waals surface area contributed by atoms with Gasteiger partial charge in [-0.05, 0) is 48.7 Å². The van der Waals surface area contributed by atoms with E-state index in [0.717, 1.165) is 51.2 Å². The van der Waals surface area contributed by atoms with E-state index in [1.165, 1.54) is 20.2 Å². The first-order valence-electron chi connectivity index (χ1n) is 18.7. The smallest absolute Gasteiger partial charge is 0.164 e. The summed E-state index contributed by atoms with van der Waals surface area (Å²) >= 11 is 1.79. The molecule has 0 bridgehead atoms. The Balaban J connectivity index is 1.06. The Bertz CT molecular complexity index is 2970. The molecule has 0 saturated carbocycles. The second-order valence-corrected chi connectivity index (χ2v) is 15.3. The van der Waals surface area contributed by atoms with E-state index in [1.54, 1.807) is 11.3 Å². The number of nitrogens with zero attached hydrogens (tertiary/aromatic N) is 6. The molecule has 1 aliphatic carbocycles. The van der Waals surface area contributed by atoms with Crippen molar-refractivity contribution in [3.63, 3.8) is 0 Å². The highest BCUT2D eigenvalue weighted by atomic mass is 32.1. The Hall–Kier alpha value is -6.96. The van der Waals surface area contributed by atoms with Crippen molar-refractivity contribution < 1.29 is 0 Å². The minimum atomic E-state index is -0.340. The lowest BCUT2D eigenvalue weighted by molar-refractivity contribution is 0.554. The molecule has 0 fully saturated rings. The van der Waals surface area contributed by atoms with Crippen molar-refractivity contribution in [1.29, 1.82) is 0 Å². The van der Waals surface area contributed by atoms with Gasteiger partial charge in [0.05, 0.1) is 0 Å². The molecule has 6 nitrogen and oxygen atoms in total. The van der Waals surface area contributed by atoms with Crippen molar-refractivity contribution in [3.05, 3.63) is 182 Å². The number of allylic oxidation sites excluding steroid dienone is 4. The molecule has 0 saturated heterocycles. The second kappa shape index (κ2) is 14.0. The second-order valence-electron chi connectivity index (χ2n) is 14.2. The van der Waals surface area contributed by atoms with Crippen LogP contribution >= 0.6 is 11.3 Å². The fourth-order valence-electron chi connectivity index (χ4n) is 7.26. The maximum Gasteiger partial charge on any atom is 0.164 e. The van der Waals surface area contributed by atoms with Gasteiger partial charge < -0.3 is 0 Å². The first-order chi connectivity index (χ1) is 27.6. The van der Waals surface area contributed by atoms with Crippen LogP contribution in [0, 0.1) is 0 Å². The average molecular weight is 739 g/mol. The first-order valence-corrected chi connectivity index (χ1v) is 19.5. The van der Waals surface area contributed by atoms with Gasteiger partial charge in [0.25, 0.3) is 0 Å². The van der Waals surface area contributed by atoms with Crippen molar-refractivity contribution in [3.8, 4) is 68.1 Å². The van der Waals surface area contributed by atoms with Crippen molar-refractivity contribution in [2.75, 3.05) is 0 Å². The topological polar surface area (TPSA) is 77.3 Å². The number of fused-ring (bicyclic) bond motifs is 3. The van der Waals surface area contributed by atoms with Gasteiger partial charge in [-0.2, -0.15) is 0 Å². The van der Waals surface area contributed by atoms with Crippen LogP contribution in [0.25, 0.3) is 88.2 Å². The number of hydrogen-bond donors (Lipinski definition) is 0. The van der Waals surface area contributed by atoms with Gasteiger partial charge in [-0.25, -0.2) is 29.9 Å². The highest BCUT2D eigenvalue weighted by Gasteiger charge is 2.29. The van der Waals surface area contributed by atoms with Crippen LogP contribution in [-0.4, -0.2) is 29.9 Å². The van der Waals surface area contributed by atoms with E-state index >= 15 is 0 Å². The van der Waals surface area contributed by atoms with Crippen LogP contribution in [0.4, 0.5) is 0 Å². The molecule has 10 rings (SSSR count). The van der Waals surface area contributed by atoms with Gasteiger partial charge in [0.1, 0.15) is 5.82 Å². The van der Waals surface area contributed by atoms with Gasteiger partial charge in [-0.1, -0.05) is 152 Å². The molecule has 0 N–H and O–H groups in total. The molecule has 56 heavy (non-hydrogen) atoms. The summed E-state index contributed by atoms with van der Waals surface area (Å²) in [6.45, 7) is 2.18. The van der Waals surface area contributed by atoms with Gasteiger partial charge >= 0.3 is 0 Å². The summed E-state index contributed by atoms with van der Waals surface area (Å²) in [5.41, 5.74) is 6.38. The van der Waals surface area contributed by atoms with E-state index in [1.807, 2.05) is 60.7 Å². The Kier molecular flexibility index (Phi) is 8.42. The third-order valence-corrected chi connectivity index (χ3v) is 11.4. The number of aromatic nitrogens is 6. The summed E-state index contributed by atoms with van der Waals surface area (Å²) in [5.74, 6) is 3.93. The molecule has 3 heterocycles. The quantitative estimate of drug-likeness (QED) is 0.162. The van der Waals surface area contributed by atoms with Crippen molar-refractivity contribution in [1.82, 2.24) is 29.9 Å². The Morgan fingerprint density at radius 1 is 0.411 bits per heavy atom. The van der Waals surface area contributed by atoms with Crippen molar-refractivity contribution in [2.45, 2.75) is 18.8 Å². The molecule has 7 heteroatoms. The van der Waals surface area contributed by atoms with E-state index in [0.29, 0.717) is 29.1 Å². The SMILES string of the molecule is CC1(c2nc(-c3ccccc3)nc(-c3cccc(-c4cccc(-c5nc(-c6ccccc6)nc(-c6ccc7c(c6)sc6ccccc67)n5)c4)c3)n2)C=CC=CC1. The molecule has 9 aromatic rings. The summed E-state index contributed by atoms with van der Waals surface area (Å²) in [6, 6.07) is 52.1. The van der Waals surface area contributed by atoms with E-state index < -0.39 is 0 Å². The van der Waals surface area contributed by atoms with Gasteiger partial charge in [0.15, 0.2) is 29.1 Å². The average Bonchev–Trinajstić information content (AvgIpc) is 3.65. The predicted octanol–water partition coefficient (Wildman–Crippen LogP) is 12.2. The summed E-state index contributed by atoms with van der Waals surface area (Å²) in [4.78, 5) is 30.3. The lowest BCUT2D eigenvalue weighted by Gasteiger charge is -2.25. The van der Waals surface area contributed by atoms with E-state index in [-0.39, 0.29) is 5.41 Å². The molecule has 0 aliphatic heterocycles. The van der Waals surface area contributed by atoms with Crippen LogP contribution in [0.3, 0.4) is 0 Å². The number of rotatable bonds is 7. The zero-order valence-electron chi connectivity index (χ0n) is 30.5. The van der Waals surface area contributed by atoms with Crippen LogP contribution in [0.2, 0.25) is 0 Å². The fraction of sp³-hybridized carbons (Fsp3) is 0.0612. The van der Waals surface area contributed by atoms with Crippen LogP contribution in [0.1, 0.15) is 19.2 Å². The fourth-order valence-corrected chi connectivity index (χ4v) is 8.41. The van der Waals surface area contributed by atoms with E-state index in [9.17, 15) is 0 Å². The maximum absolute atomic E-state index is 5.10. The summed E-state index contributed by atoms with van der Waals surface area (Å²) in [5, 5.41) is 2.51. The largest absolute Gasteiger partial charge is 0.212 e. The van der Waals surface area contributed by atoms with Gasteiger partial charge in [0.2, 0.25) is 0 Å². The number of benzene rings is 6. The summed E-state index contributed by atoms with van der Waals surface area (Å²) in [7, 11) is 0. The van der Waals surface area contributed by atoms with Gasteiger partial charge in [-0.3, -0.25) is 0 Å². The first kappa shape index (κ1) is 33.6. The third kappa shape index (κ3) is 6.38. The summed E-state index contributed by atoms with van der Waals surface area (Å²) in [6.07, 6.45) is 9.32. The van der Waals surface area contributed by atoms with E-state index in [4.69, 9.17) is 29.9 Å². The van der Waals surface area contributed by atoms with Crippen LogP contribution in [0.15, 0.2) is 176 Å². The van der Waals surface area contributed by atoms with Crippen LogP contribution in [0.5, 0.6) is 0 Å². The lowest BCUT2D eigenvalue weighted by Crippen LogP contribution is -2.24. The minimum Gasteiger partial charge on any atom is -0.212 e. The molecule has 266 valence electrons. The summed E-state index contributed by atoms with van der Waals surface area (Å²) < 4.78 is 2.47. The Morgan fingerprint density at radius 2 is 0.893 bits per heavy atom. The normalized spacial score (nSPS) is 15.1. The zero-order chi connectivity index (χ0) is 37.5. The molecular weight excluding hydrogens is 705 g/mol. The molecule has 1 atom stereocenters. The predicted molar refractivity (Wildman–Crippen MR) is 229 cm³/mol. The number of hydrogen-bond acceptors (Lipinski definition) is 7. The molecular formula is C49H34N6S. The molecule has 6 aromatic carbocycles. The molecule has 0 radical (unpaired) electrons. The molecule has 0 spiro atoms. The molecule has 0 amide bonds. The molecule has 1 aliphatic rings. The highest BCUT2D eigenvalue weighted by molar-refractivity contribution is 7.25. The maximum atomic E-state index is 5.10. The van der Waals surface area contributed by atoms with Crippen LogP contribution < -0.4 is 0 Å². The van der Waals surface area contributed by atoms with Crippen LogP contribution in [-0.2, 0) is 5.41 Å². The van der Waals surface area contributed by atoms with Crippen molar-refractivity contribution in [2.24, 2.45) is 0 Å². The standard InChI is InChI=1S/C49H34N6S/c1-49(27-11-4-12-28-49)48-54-44(33-17-7-3-8-18-33)52-47(55-48)37-22-14-20-35(30-37)34-19-13-21-36(29-34)45-50-43(32-15-5-2-6-16-32)51-46(53-45)38-25-26-40-39-23-9-10-24-41(39)56-42(40)31-38/h2-27,29-31H,28H2,1H3. The lowest BCUT2D eigenvalue weighted by atomic mass is 9.83. The van der Waals surface area contributed by atoms with Gasteiger partial charge in [-0.15, -0.1) is 11.3 Å². The monoisotopic (exact) mass is 738 g/mol. The third-order valence-electron chi connectivity index (χ3n) is 10.3. The Labute approximate surface area is 328 Å². The van der Waals surface area contributed by atoms with Crippen molar-refractivity contribution >= 4 is 31.5 Å². The molecule has 3 aromatic heterocycles. The van der Waals surface area contributed by atoms with Gasteiger partial charge in [0, 0.05) is 53.4 Å². The zero-order valence-corrected chi connectivity index (χ0v) is 31.4.